The average Bonchev–Trinajstić information content (AvgIpc) is 2.89. The van der Waals surface area contributed by atoms with E-state index in [2.05, 4.69) is 10.3 Å². The number of halogens is 1. The van der Waals surface area contributed by atoms with E-state index in [0.717, 1.165) is 29.4 Å². The fraction of sp³-hybridized carbons (Fsp3) is 0.308. The molecule has 0 spiro atoms. The van der Waals surface area contributed by atoms with Crippen LogP contribution in [0.4, 0.5) is 0 Å². The molecule has 1 N–H and O–H groups in total. The van der Waals surface area contributed by atoms with Crippen LogP contribution in [0.5, 0.6) is 5.75 Å². The van der Waals surface area contributed by atoms with Crippen molar-refractivity contribution in [1.29, 1.82) is 0 Å². The van der Waals surface area contributed by atoms with E-state index in [-0.39, 0.29) is 0 Å². The number of hydrogen-bond donors (Lipinski definition) is 1. The molecule has 0 fully saturated rings. The van der Waals surface area contributed by atoms with Gasteiger partial charge in [-0.05, 0) is 12.1 Å². The molecule has 4 nitrogen and oxygen atoms in total. The van der Waals surface area contributed by atoms with Crippen molar-refractivity contribution in [3.05, 3.63) is 47.5 Å². The van der Waals surface area contributed by atoms with Gasteiger partial charge in [0.2, 0.25) is 0 Å². The summed E-state index contributed by atoms with van der Waals surface area (Å²) in [6.45, 7) is 2.43. The maximum atomic E-state index is 6.15. The van der Waals surface area contributed by atoms with Crippen molar-refractivity contribution in [2.24, 2.45) is 0 Å². The highest BCUT2D eigenvalue weighted by Gasteiger charge is 2.06. The van der Waals surface area contributed by atoms with Gasteiger partial charge >= 0.3 is 0 Å². The van der Waals surface area contributed by atoms with Crippen LogP contribution in [0, 0.1) is 0 Å². The quantitative estimate of drug-likeness (QED) is 0.815. The second-order valence-electron chi connectivity index (χ2n) is 3.90. The molecule has 0 saturated heterocycles. The molecular formula is C13H16ClN3O. The summed E-state index contributed by atoms with van der Waals surface area (Å²) in [4.78, 5) is 3.99. The molecule has 18 heavy (non-hydrogen) atoms. The summed E-state index contributed by atoms with van der Waals surface area (Å²) in [5.41, 5.74) is 0.993. The third-order valence-corrected chi connectivity index (χ3v) is 3.06. The second kappa shape index (κ2) is 6.42. The monoisotopic (exact) mass is 265 g/mol. The number of hydrogen-bond acceptors (Lipinski definition) is 3. The van der Waals surface area contributed by atoms with Crippen LogP contribution in [-0.2, 0) is 13.1 Å². The molecule has 0 aliphatic heterocycles. The largest absolute Gasteiger partial charge is 0.496 e. The zero-order valence-corrected chi connectivity index (χ0v) is 11.0. The van der Waals surface area contributed by atoms with Gasteiger partial charge in [-0.1, -0.05) is 17.7 Å². The molecule has 96 valence electrons. The molecule has 0 amide bonds. The van der Waals surface area contributed by atoms with Crippen LogP contribution >= 0.6 is 11.6 Å². The fourth-order valence-electron chi connectivity index (χ4n) is 1.74. The van der Waals surface area contributed by atoms with Crippen molar-refractivity contribution in [3.63, 3.8) is 0 Å². The molecule has 0 atom stereocenters. The highest BCUT2D eigenvalue weighted by atomic mass is 35.5. The Bertz CT molecular complexity index is 485. The standard InChI is InChI=1S/C13H16ClN3O/c1-18-13-4-2-3-12(14)11(13)9-15-5-7-17-8-6-16-10-17/h2-4,6,8,10,15H,5,7,9H2,1H3. The van der Waals surface area contributed by atoms with Gasteiger partial charge in [-0.3, -0.25) is 0 Å². The van der Waals surface area contributed by atoms with Crippen molar-refractivity contribution in [2.75, 3.05) is 13.7 Å². The van der Waals surface area contributed by atoms with E-state index in [1.165, 1.54) is 0 Å². The minimum Gasteiger partial charge on any atom is -0.496 e. The summed E-state index contributed by atoms with van der Waals surface area (Å²) in [6, 6.07) is 5.67. The van der Waals surface area contributed by atoms with Crippen LogP contribution in [0.2, 0.25) is 5.02 Å². The summed E-state index contributed by atoms with van der Waals surface area (Å²) < 4.78 is 7.31. The zero-order valence-electron chi connectivity index (χ0n) is 10.3. The first-order valence-corrected chi connectivity index (χ1v) is 6.17. The second-order valence-corrected chi connectivity index (χ2v) is 4.31. The molecule has 2 rings (SSSR count). The molecule has 0 unspecified atom stereocenters. The number of methoxy groups -OCH3 is 1. The topological polar surface area (TPSA) is 39.1 Å². The van der Waals surface area contributed by atoms with Gasteiger partial charge in [0.05, 0.1) is 13.4 Å². The molecule has 5 heteroatoms. The lowest BCUT2D eigenvalue weighted by molar-refractivity contribution is 0.407. The summed E-state index contributed by atoms with van der Waals surface area (Å²) in [6.07, 6.45) is 5.52. The van der Waals surface area contributed by atoms with Crippen LogP contribution in [0.1, 0.15) is 5.56 Å². The van der Waals surface area contributed by atoms with Crippen molar-refractivity contribution in [3.8, 4) is 5.75 Å². The number of benzene rings is 1. The van der Waals surface area contributed by atoms with E-state index in [1.54, 1.807) is 19.6 Å². The van der Waals surface area contributed by atoms with Gasteiger partial charge in [-0.2, -0.15) is 0 Å². The normalized spacial score (nSPS) is 10.6. The first-order chi connectivity index (χ1) is 8.81. The van der Waals surface area contributed by atoms with Gasteiger partial charge in [0.1, 0.15) is 5.75 Å². The number of nitrogens with one attached hydrogen (secondary N) is 1. The van der Waals surface area contributed by atoms with E-state index in [9.17, 15) is 0 Å². The number of ether oxygens (including phenoxy) is 1. The van der Waals surface area contributed by atoms with Gasteiger partial charge in [-0.25, -0.2) is 4.98 Å². The van der Waals surface area contributed by atoms with E-state index >= 15 is 0 Å². The lowest BCUT2D eigenvalue weighted by atomic mass is 10.2. The molecule has 0 aliphatic rings. The van der Waals surface area contributed by atoms with E-state index in [4.69, 9.17) is 16.3 Å². The Labute approximate surface area is 112 Å². The Hall–Kier alpha value is -1.52. The maximum Gasteiger partial charge on any atom is 0.124 e. The highest BCUT2D eigenvalue weighted by Crippen LogP contribution is 2.25. The summed E-state index contributed by atoms with van der Waals surface area (Å²) in [5, 5.41) is 4.07. The number of imidazole rings is 1. The SMILES string of the molecule is COc1cccc(Cl)c1CNCCn1ccnc1. The van der Waals surface area contributed by atoms with Gasteiger partial charge in [-0.15, -0.1) is 0 Å². The molecule has 1 aromatic heterocycles. The van der Waals surface area contributed by atoms with Crippen molar-refractivity contribution in [1.82, 2.24) is 14.9 Å². The summed E-state index contributed by atoms with van der Waals surface area (Å²) in [5.74, 6) is 0.817. The number of aromatic nitrogens is 2. The Morgan fingerprint density at radius 1 is 1.44 bits per heavy atom. The Balaban J connectivity index is 1.86. The van der Waals surface area contributed by atoms with Gasteiger partial charge in [0.25, 0.3) is 0 Å². The highest BCUT2D eigenvalue weighted by molar-refractivity contribution is 6.31. The van der Waals surface area contributed by atoms with Gasteiger partial charge < -0.3 is 14.6 Å². The van der Waals surface area contributed by atoms with Crippen LogP contribution in [0.15, 0.2) is 36.9 Å². The lowest BCUT2D eigenvalue weighted by Gasteiger charge is -2.11. The predicted octanol–water partition coefficient (Wildman–Crippen LogP) is 2.33. The van der Waals surface area contributed by atoms with Crippen LogP contribution in [0.3, 0.4) is 0 Å². The molecule has 1 aromatic carbocycles. The molecule has 0 radical (unpaired) electrons. The molecule has 0 saturated carbocycles. The third-order valence-electron chi connectivity index (χ3n) is 2.70. The molecule has 1 heterocycles. The lowest BCUT2D eigenvalue weighted by Crippen LogP contribution is -2.19. The maximum absolute atomic E-state index is 6.15. The van der Waals surface area contributed by atoms with Crippen molar-refractivity contribution in [2.45, 2.75) is 13.1 Å². The summed E-state index contributed by atoms with van der Waals surface area (Å²) in [7, 11) is 1.65. The molecular weight excluding hydrogens is 250 g/mol. The third kappa shape index (κ3) is 3.24. The minimum absolute atomic E-state index is 0.692. The Morgan fingerprint density at radius 3 is 3.06 bits per heavy atom. The predicted molar refractivity (Wildman–Crippen MR) is 71.9 cm³/mol. The first kappa shape index (κ1) is 12.9. The Morgan fingerprint density at radius 2 is 2.33 bits per heavy atom. The fourth-order valence-corrected chi connectivity index (χ4v) is 1.97. The number of rotatable bonds is 6. The first-order valence-electron chi connectivity index (χ1n) is 5.79. The molecule has 0 bridgehead atoms. The van der Waals surface area contributed by atoms with Crippen molar-refractivity contribution >= 4 is 11.6 Å². The van der Waals surface area contributed by atoms with E-state index in [0.29, 0.717) is 6.54 Å². The Kier molecular flexibility index (Phi) is 4.61. The number of nitrogens with zero attached hydrogens (tertiary/aromatic N) is 2. The summed E-state index contributed by atoms with van der Waals surface area (Å²) >= 11 is 6.15. The molecule has 2 aromatic rings. The average molecular weight is 266 g/mol. The minimum atomic E-state index is 0.692. The molecule has 0 aliphatic carbocycles. The smallest absolute Gasteiger partial charge is 0.124 e. The van der Waals surface area contributed by atoms with Gasteiger partial charge in [0.15, 0.2) is 0 Å². The van der Waals surface area contributed by atoms with Crippen LogP contribution in [-0.4, -0.2) is 23.2 Å². The van der Waals surface area contributed by atoms with Crippen LogP contribution < -0.4 is 10.1 Å². The van der Waals surface area contributed by atoms with E-state index < -0.39 is 0 Å². The van der Waals surface area contributed by atoms with Gasteiger partial charge in [0, 0.05) is 42.6 Å². The van der Waals surface area contributed by atoms with E-state index in [1.807, 2.05) is 29.0 Å². The van der Waals surface area contributed by atoms with Crippen molar-refractivity contribution < 1.29 is 4.74 Å². The zero-order chi connectivity index (χ0) is 12.8. The van der Waals surface area contributed by atoms with Crippen LogP contribution in [0.25, 0.3) is 0 Å².